The van der Waals surface area contributed by atoms with Gasteiger partial charge in [0, 0.05) is 0 Å². The van der Waals surface area contributed by atoms with Gasteiger partial charge in [-0.3, -0.25) is 0 Å². The fourth-order valence-electron chi connectivity index (χ4n) is 2.04. The van der Waals surface area contributed by atoms with Gasteiger partial charge in [-0.05, 0) is 16.7 Å². The summed E-state index contributed by atoms with van der Waals surface area (Å²) in [7, 11) is 0. The molecule has 0 aliphatic rings. The van der Waals surface area contributed by atoms with E-state index < -0.39 is 58.7 Å². The predicted octanol–water partition coefficient (Wildman–Crippen LogP) is 6.50. The van der Waals surface area contributed by atoms with Gasteiger partial charge < -0.3 is 0 Å². The molecular formula is C10F15-. The highest BCUT2D eigenvalue weighted by Gasteiger charge is 2.55. The van der Waals surface area contributed by atoms with Crippen LogP contribution < -0.4 is 0 Å². The van der Waals surface area contributed by atoms with Crippen LogP contribution in [0.2, 0.25) is 0 Å². The summed E-state index contributed by atoms with van der Waals surface area (Å²) in [5.74, 6) is 0. The Morgan fingerprint density at radius 2 is 0.640 bits per heavy atom. The Hall–Kier alpha value is -1.70. The Kier molecular flexibility index (Phi) is 4.61. The number of alkyl halides is 15. The Balaban J connectivity index is 4.40. The van der Waals surface area contributed by atoms with E-state index in [2.05, 4.69) is 0 Å². The Bertz CT molecular complexity index is 489. The van der Waals surface area contributed by atoms with Gasteiger partial charge in [0.15, 0.2) is 0 Å². The zero-order chi connectivity index (χ0) is 20.4. The van der Waals surface area contributed by atoms with Crippen LogP contribution in [-0.4, -0.2) is 0 Å². The van der Waals surface area contributed by atoms with Crippen molar-refractivity contribution >= 4 is 0 Å². The largest absolute Gasteiger partial charge is 0.395 e. The molecule has 0 heterocycles. The van der Waals surface area contributed by atoms with Crippen molar-refractivity contribution in [2.45, 2.75) is 30.9 Å². The third kappa shape index (κ3) is 3.94. The summed E-state index contributed by atoms with van der Waals surface area (Å²) in [6.45, 7) is 0. The van der Waals surface area contributed by atoms with Crippen LogP contribution in [-0.2, 0) is 30.9 Å². The summed E-state index contributed by atoms with van der Waals surface area (Å²) in [5, 5.41) is 0. The molecule has 1 aromatic carbocycles. The molecule has 0 amide bonds. The van der Waals surface area contributed by atoms with Crippen LogP contribution >= 0.6 is 0 Å². The minimum Gasteiger partial charge on any atom is -0.180 e. The van der Waals surface area contributed by atoms with E-state index in [0.717, 1.165) is 0 Å². The molecule has 0 fully saturated rings. The van der Waals surface area contributed by atoms with Crippen LogP contribution in [0, 0.1) is 0 Å². The fourth-order valence-corrected chi connectivity index (χ4v) is 2.04. The molecule has 0 spiro atoms. The molecule has 1 rings (SSSR count). The first-order chi connectivity index (χ1) is 10.6. The molecule has 0 bridgehead atoms. The van der Waals surface area contributed by atoms with E-state index in [4.69, 9.17) is 0 Å². The second-order valence-electron chi connectivity index (χ2n) is 4.36. The lowest BCUT2D eigenvalue weighted by atomic mass is 10.1. The second-order valence-corrected chi connectivity index (χ2v) is 4.36. The predicted molar refractivity (Wildman–Crippen MR) is 47.0 cm³/mol. The molecule has 0 saturated heterocycles. The smallest absolute Gasteiger partial charge is 0.180 e. The molecule has 25 heavy (non-hydrogen) atoms. The SMILES string of the molecule is FC(F)(F)c1c(C(F)(F)F)c(C(F)(F)F)[c-](C(F)(F)F)c1C(F)(F)F. The van der Waals surface area contributed by atoms with E-state index in [9.17, 15) is 65.9 Å². The molecule has 0 aliphatic heterocycles. The topological polar surface area (TPSA) is 0 Å². The molecule has 0 aromatic heterocycles. The first-order valence-electron chi connectivity index (χ1n) is 5.33. The first-order valence-corrected chi connectivity index (χ1v) is 5.33. The standard InChI is InChI=1S/C10F15/c11-6(12,13)1-2(7(14,15)16)4(9(20,21)22)5(10(23,24)25)3(1)8(17,18)19/q-1. The van der Waals surface area contributed by atoms with Gasteiger partial charge >= 0.3 is 30.9 Å². The zero-order valence-corrected chi connectivity index (χ0v) is 10.7. The highest BCUT2D eigenvalue weighted by molar-refractivity contribution is 5.58. The van der Waals surface area contributed by atoms with Crippen molar-refractivity contribution in [3.8, 4) is 0 Å². The lowest BCUT2D eigenvalue weighted by molar-refractivity contribution is -0.178. The van der Waals surface area contributed by atoms with Crippen LogP contribution in [0.1, 0.15) is 27.8 Å². The van der Waals surface area contributed by atoms with Gasteiger partial charge in [0.1, 0.15) is 0 Å². The Morgan fingerprint density at radius 3 is 0.760 bits per heavy atom. The van der Waals surface area contributed by atoms with Crippen molar-refractivity contribution in [1.82, 2.24) is 0 Å². The molecule has 0 aliphatic carbocycles. The van der Waals surface area contributed by atoms with Gasteiger partial charge in [0.2, 0.25) is 0 Å². The summed E-state index contributed by atoms with van der Waals surface area (Å²) in [5.41, 5.74) is -20.5. The minimum atomic E-state index is -6.81. The summed E-state index contributed by atoms with van der Waals surface area (Å²) < 4.78 is 189. The molecule has 0 atom stereocenters. The molecule has 0 N–H and O–H groups in total. The summed E-state index contributed by atoms with van der Waals surface area (Å²) >= 11 is 0. The van der Waals surface area contributed by atoms with Crippen LogP contribution in [0.5, 0.6) is 0 Å². The third-order valence-electron chi connectivity index (χ3n) is 2.67. The summed E-state index contributed by atoms with van der Waals surface area (Å²) in [6.07, 6.45) is -34.0. The number of halogens is 15. The molecule has 0 radical (unpaired) electrons. The fraction of sp³-hybridized carbons (Fsp3) is 0.500. The number of hydrogen-bond acceptors (Lipinski definition) is 0. The van der Waals surface area contributed by atoms with Crippen LogP contribution in [0.25, 0.3) is 0 Å². The second kappa shape index (κ2) is 5.40. The Morgan fingerprint density at radius 1 is 0.400 bits per heavy atom. The number of rotatable bonds is 0. The van der Waals surface area contributed by atoms with Gasteiger partial charge in [0.25, 0.3) is 0 Å². The average Bonchev–Trinajstić information content (AvgIpc) is 2.61. The molecule has 1 aromatic rings. The monoisotopic (exact) mass is 405 g/mol. The van der Waals surface area contributed by atoms with Gasteiger partial charge in [-0.15, -0.1) is 0 Å². The average molecular weight is 405 g/mol. The van der Waals surface area contributed by atoms with Crippen molar-refractivity contribution < 1.29 is 65.9 Å². The van der Waals surface area contributed by atoms with Gasteiger partial charge in [-0.2, -0.15) is 65.9 Å². The lowest BCUT2D eigenvalue weighted by Gasteiger charge is -2.24. The lowest BCUT2D eigenvalue weighted by Crippen LogP contribution is -2.21. The Labute approximate surface area is 126 Å². The minimum absolute atomic E-state index is 4.09. The van der Waals surface area contributed by atoms with Crippen LogP contribution in [0.4, 0.5) is 65.9 Å². The normalized spacial score (nSPS) is 15.0. The van der Waals surface area contributed by atoms with Crippen LogP contribution in [0.3, 0.4) is 0 Å². The first kappa shape index (κ1) is 21.3. The van der Waals surface area contributed by atoms with Crippen molar-refractivity contribution in [1.29, 1.82) is 0 Å². The van der Waals surface area contributed by atoms with E-state index in [1.807, 2.05) is 0 Å². The summed E-state index contributed by atoms with van der Waals surface area (Å²) in [6, 6.07) is 0. The molecule has 0 saturated carbocycles. The highest BCUT2D eigenvalue weighted by Crippen LogP contribution is 2.58. The van der Waals surface area contributed by atoms with Gasteiger partial charge in [-0.1, -0.05) is 11.1 Å². The van der Waals surface area contributed by atoms with Crippen molar-refractivity contribution in [3.05, 3.63) is 27.8 Å². The quantitative estimate of drug-likeness (QED) is 0.342. The third-order valence-corrected chi connectivity index (χ3v) is 2.67. The zero-order valence-electron chi connectivity index (χ0n) is 10.7. The van der Waals surface area contributed by atoms with Crippen LogP contribution in [0.15, 0.2) is 0 Å². The van der Waals surface area contributed by atoms with Gasteiger partial charge in [-0.25, -0.2) is 0 Å². The maximum atomic E-state index is 12.6. The molecular weight excluding hydrogens is 405 g/mol. The molecule has 146 valence electrons. The maximum absolute atomic E-state index is 12.6. The van der Waals surface area contributed by atoms with Crippen molar-refractivity contribution in [2.24, 2.45) is 0 Å². The highest BCUT2D eigenvalue weighted by atomic mass is 19.4. The summed E-state index contributed by atoms with van der Waals surface area (Å²) in [4.78, 5) is 0. The van der Waals surface area contributed by atoms with Crippen molar-refractivity contribution in [3.63, 3.8) is 0 Å². The maximum Gasteiger partial charge on any atom is 0.395 e. The molecule has 0 unspecified atom stereocenters. The van der Waals surface area contributed by atoms with Crippen molar-refractivity contribution in [2.75, 3.05) is 0 Å². The van der Waals surface area contributed by atoms with E-state index >= 15 is 0 Å². The van der Waals surface area contributed by atoms with E-state index in [0.29, 0.717) is 0 Å². The van der Waals surface area contributed by atoms with Gasteiger partial charge in [0.05, 0.1) is 0 Å². The molecule has 0 nitrogen and oxygen atoms in total. The van der Waals surface area contributed by atoms with E-state index in [1.165, 1.54) is 0 Å². The number of hydrogen-bond donors (Lipinski definition) is 0. The van der Waals surface area contributed by atoms with E-state index in [-0.39, 0.29) is 0 Å². The molecule has 15 heteroatoms. The van der Waals surface area contributed by atoms with E-state index in [1.54, 1.807) is 0 Å².